The molecule has 0 aliphatic rings. The van der Waals surface area contributed by atoms with Gasteiger partial charge in [0.1, 0.15) is 5.65 Å². The summed E-state index contributed by atoms with van der Waals surface area (Å²) < 4.78 is 2.31. The Balaban J connectivity index is 1.29. The van der Waals surface area contributed by atoms with E-state index in [9.17, 15) is 0 Å². The van der Waals surface area contributed by atoms with Crippen molar-refractivity contribution in [1.29, 1.82) is 0 Å². The second kappa shape index (κ2) is 9.96. The molecular weight excluding hydrogens is 595 g/mol. The van der Waals surface area contributed by atoms with Crippen molar-refractivity contribution in [3.8, 4) is 22.3 Å². The van der Waals surface area contributed by atoms with Crippen molar-refractivity contribution in [1.82, 2.24) is 14.4 Å². The molecule has 11 aromatic rings. The molecule has 3 nitrogen and oxygen atoms in total. The molecule has 0 amide bonds. The molecule has 0 saturated heterocycles. The summed E-state index contributed by atoms with van der Waals surface area (Å²) in [5, 5.41) is 10.8. The highest BCUT2D eigenvalue weighted by atomic mass is 15.0. The van der Waals surface area contributed by atoms with E-state index < -0.39 is 0 Å². The van der Waals surface area contributed by atoms with E-state index in [2.05, 4.69) is 168 Å². The minimum atomic E-state index is 0.935. The molecule has 0 saturated carbocycles. The SMILES string of the molecule is c1ccc2nc3c4cc(-c5c6ccccc6c(-c6cccc7ccccc67)c6ccccc56)ccc4n4c5ccccc5nc4c3cc2c1. The zero-order chi connectivity index (χ0) is 32.1. The fourth-order valence-corrected chi connectivity index (χ4v) is 8.19. The number of hydrogen-bond donors (Lipinski definition) is 0. The van der Waals surface area contributed by atoms with Crippen LogP contribution in [0.4, 0.5) is 0 Å². The molecule has 0 radical (unpaired) electrons. The molecule has 0 bridgehead atoms. The maximum absolute atomic E-state index is 5.31. The van der Waals surface area contributed by atoms with Gasteiger partial charge >= 0.3 is 0 Å². The summed E-state index contributed by atoms with van der Waals surface area (Å²) in [4.78, 5) is 10.5. The first kappa shape index (κ1) is 26.5. The van der Waals surface area contributed by atoms with E-state index in [0.717, 1.165) is 49.4 Å². The predicted molar refractivity (Wildman–Crippen MR) is 206 cm³/mol. The lowest BCUT2D eigenvalue weighted by molar-refractivity contribution is 1.31. The van der Waals surface area contributed by atoms with Gasteiger partial charge < -0.3 is 0 Å². The summed E-state index contributed by atoms with van der Waals surface area (Å²) in [6.07, 6.45) is 0. The monoisotopic (exact) mass is 621 g/mol. The van der Waals surface area contributed by atoms with Crippen LogP contribution in [-0.4, -0.2) is 14.4 Å². The third-order valence-electron chi connectivity index (χ3n) is 10.3. The Kier molecular flexibility index (Phi) is 5.38. The van der Waals surface area contributed by atoms with Crippen LogP contribution in [0.25, 0.3) is 104 Å². The van der Waals surface area contributed by atoms with E-state index in [1.807, 2.05) is 0 Å². The normalized spacial score (nSPS) is 12.1. The lowest BCUT2D eigenvalue weighted by Gasteiger charge is -2.19. The standard InChI is InChI=1S/C46H27N3/c1-3-15-31-28(12-1)14-11-20-32(31)44-35-18-6-4-16-33(35)43(34-17-5-7-19-36(34)44)30-24-25-41-37(27-30)45-38(26-29-13-2-8-21-39(29)47-45)46-48-40-22-9-10-23-42(40)49(41)46/h1-27H. The number of hydrogen-bond acceptors (Lipinski definition) is 2. The van der Waals surface area contributed by atoms with Crippen molar-refractivity contribution in [2.45, 2.75) is 0 Å². The van der Waals surface area contributed by atoms with Gasteiger partial charge in [0.25, 0.3) is 0 Å². The third-order valence-corrected chi connectivity index (χ3v) is 10.3. The van der Waals surface area contributed by atoms with Gasteiger partial charge in [0.05, 0.1) is 27.6 Å². The topological polar surface area (TPSA) is 30.2 Å². The van der Waals surface area contributed by atoms with Gasteiger partial charge in [-0.1, -0.05) is 127 Å². The molecule has 0 aliphatic heterocycles. The highest BCUT2D eigenvalue weighted by molar-refractivity contribution is 6.24. The first-order valence-electron chi connectivity index (χ1n) is 16.8. The number of aromatic nitrogens is 3. The van der Waals surface area contributed by atoms with Crippen LogP contribution < -0.4 is 0 Å². The van der Waals surface area contributed by atoms with E-state index in [1.165, 1.54) is 54.6 Å². The molecule has 8 aromatic carbocycles. The first-order chi connectivity index (χ1) is 24.3. The molecule has 0 atom stereocenters. The van der Waals surface area contributed by atoms with Crippen molar-refractivity contribution in [2.75, 3.05) is 0 Å². The minimum Gasteiger partial charge on any atom is -0.292 e. The molecule has 0 spiro atoms. The largest absolute Gasteiger partial charge is 0.292 e. The molecule has 0 aliphatic carbocycles. The Bertz CT molecular complexity index is 3110. The van der Waals surface area contributed by atoms with Crippen molar-refractivity contribution < 1.29 is 0 Å². The van der Waals surface area contributed by atoms with E-state index in [0.29, 0.717) is 0 Å². The van der Waals surface area contributed by atoms with Gasteiger partial charge in [-0.25, -0.2) is 9.97 Å². The van der Waals surface area contributed by atoms with Crippen molar-refractivity contribution >= 4 is 81.7 Å². The number of fused-ring (bicyclic) bond motifs is 12. The molecule has 3 aromatic heterocycles. The Morgan fingerprint density at radius 1 is 0.367 bits per heavy atom. The fraction of sp³-hybridized carbons (Fsp3) is 0. The second-order valence-corrected chi connectivity index (χ2v) is 12.9. The molecule has 3 heterocycles. The Labute approximate surface area is 281 Å². The average molecular weight is 622 g/mol. The molecule has 3 heteroatoms. The van der Waals surface area contributed by atoms with Gasteiger partial charge in [-0.3, -0.25) is 4.40 Å². The maximum Gasteiger partial charge on any atom is 0.147 e. The van der Waals surface area contributed by atoms with Gasteiger partial charge in [0, 0.05) is 16.2 Å². The van der Waals surface area contributed by atoms with Crippen LogP contribution in [0.15, 0.2) is 164 Å². The van der Waals surface area contributed by atoms with Crippen molar-refractivity contribution in [3.63, 3.8) is 0 Å². The van der Waals surface area contributed by atoms with Gasteiger partial charge in [-0.05, 0) is 91.0 Å². The van der Waals surface area contributed by atoms with Crippen LogP contribution in [0.3, 0.4) is 0 Å². The van der Waals surface area contributed by atoms with E-state index in [-0.39, 0.29) is 0 Å². The van der Waals surface area contributed by atoms with Crippen molar-refractivity contribution in [2.24, 2.45) is 0 Å². The van der Waals surface area contributed by atoms with Crippen molar-refractivity contribution in [3.05, 3.63) is 164 Å². The van der Waals surface area contributed by atoms with Gasteiger partial charge in [0.15, 0.2) is 0 Å². The van der Waals surface area contributed by atoms with Crippen LogP contribution in [0.2, 0.25) is 0 Å². The van der Waals surface area contributed by atoms with Gasteiger partial charge in [-0.15, -0.1) is 0 Å². The molecule has 0 fully saturated rings. The minimum absolute atomic E-state index is 0.935. The van der Waals surface area contributed by atoms with Crippen LogP contribution in [-0.2, 0) is 0 Å². The third kappa shape index (κ3) is 3.73. The summed E-state index contributed by atoms with van der Waals surface area (Å²) >= 11 is 0. The zero-order valence-corrected chi connectivity index (χ0v) is 26.4. The zero-order valence-electron chi connectivity index (χ0n) is 26.4. The summed E-state index contributed by atoms with van der Waals surface area (Å²) in [6, 6.07) is 59.1. The highest BCUT2D eigenvalue weighted by Gasteiger charge is 2.20. The quantitative estimate of drug-likeness (QED) is 0.142. The molecule has 0 N–H and O–H groups in total. The maximum atomic E-state index is 5.31. The second-order valence-electron chi connectivity index (χ2n) is 12.9. The summed E-state index contributed by atoms with van der Waals surface area (Å²) in [7, 11) is 0. The molecule has 0 unspecified atom stereocenters. The average Bonchev–Trinajstić information content (AvgIpc) is 3.56. The van der Waals surface area contributed by atoms with Crippen LogP contribution in [0, 0.1) is 0 Å². The number of benzene rings is 8. The van der Waals surface area contributed by atoms with Crippen LogP contribution in [0.5, 0.6) is 0 Å². The highest BCUT2D eigenvalue weighted by Crippen LogP contribution is 2.46. The van der Waals surface area contributed by atoms with E-state index in [1.54, 1.807) is 0 Å². The summed E-state index contributed by atoms with van der Waals surface area (Å²) in [5.74, 6) is 0. The van der Waals surface area contributed by atoms with Crippen LogP contribution in [0.1, 0.15) is 0 Å². The van der Waals surface area contributed by atoms with Crippen LogP contribution >= 0.6 is 0 Å². The van der Waals surface area contributed by atoms with E-state index >= 15 is 0 Å². The van der Waals surface area contributed by atoms with Gasteiger partial charge in [0.2, 0.25) is 0 Å². The fourth-order valence-electron chi connectivity index (χ4n) is 8.19. The Morgan fingerprint density at radius 3 is 1.76 bits per heavy atom. The number of rotatable bonds is 2. The van der Waals surface area contributed by atoms with E-state index in [4.69, 9.17) is 9.97 Å². The molecular formula is C46H27N3. The van der Waals surface area contributed by atoms with Gasteiger partial charge in [-0.2, -0.15) is 0 Å². The Morgan fingerprint density at radius 2 is 0.980 bits per heavy atom. The first-order valence-corrected chi connectivity index (χ1v) is 16.8. The lowest BCUT2D eigenvalue weighted by Crippen LogP contribution is -1.95. The number of para-hydroxylation sites is 3. The number of pyridine rings is 2. The molecule has 226 valence electrons. The molecule has 11 rings (SSSR count). The summed E-state index contributed by atoms with van der Waals surface area (Å²) in [6.45, 7) is 0. The Hall–Kier alpha value is -6.58. The number of nitrogens with zero attached hydrogens (tertiary/aromatic N) is 3. The summed E-state index contributed by atoms with van der Waals surface area (Å²) in [5.41, 5.74) is 11.0. The number of imidazole rings is 1. The lowest BCUT2D eigenvalue weighted by atomic mass is 9.84. The predicted octanol–water partition coefficient (Wildman–Crippen LogP) is 12.1. The smallest absolute Gasteiger partial charge is 0.147 e. The molecule has 49 heavy (non-hydrogen) atoms.